The van der Waals surface area contributed by atoms with Crippen molar-refractivity contribution in [3.05, 3.63) is 29.8 Å². The molecule has 1 saturated carbocycles. The minimum Gasteiger partial charge on any atom is -0.456 e. The van der Waals surface area contributed by atoms with Gasteiger partial charge in [0, 0.05) is 17.3 Å². The summed E-state index contributed by atoms with van der Waals surface area (Å²) in [6.45, 7) is 3.81. The van der Waals surface area contributed by atoms with Crippen molar-refractivity contribution in [1.82, 2.24) is 0 Å². The summed E-state index contributed by atoms with van der Waals surface area (Å²) >= 11 is 0. The number of ether oxygens (including phenoxy) is 2. The fraction of sp³-hybridized carbons (Fsp3) is 0.562. The average molecular weight is 310 g/mol. The predicted octanol–water partition coefficient (Wildman–Crippen LogP) is 2.93. The molecule has 0 heterocycles. The molecular formula is C16H22O4S. The van der Waals surface area contributed by atoms with Gasteiger partial charge in [-0.3, -0.25) is 4.21 Å². The Labute approximate surface area is 128 Å². The first-order valence-corrected chi connectivity index (χ1v) is 8.48. The van der Waals surface area contributed by atoms with E-state index < -0.39 is 10.8 Å². The van der Waals surface area contributed by atoms with Crippen LogP contribution in [0.2, 0.25) is 0 Å². The molecule has 0 amide bonds. The van der Waals surface area contributed by atoms with Gasteiger partial charge in [0.05, 0.1) is 22.5 Å². The first-order valence-electron chi connectivity index (χ1n) is 7.27. The number of hydrogen-bond acceptors (Lipinski definition) is 4. The minimum atomic E-state index is -1.04. The van der Waals surface area contributed by atoms with E-state index in [1.165, 1.54) is 0 Å². The van der Waals surface area contributed by atoms with Crippen LogP contribution in [0.1, 0.15) is 43.5 Å². The van der Waals surface area contributed by atoms with Crippen molar-refractivity contribution in [2.75, 3.05) is 7.11 Å². The van der Waals surface area contributed by atoms with Gasteiger partial charge in [-0.05, 0) is 43.5 Å². The second-order valence-corrected chi connectivity index (χ2v) is 7.53. The van der Waals surface area contributed by atoms with Crippen molar-refractivity contribution >= 4 is 16.8 Å². The van der Waals surface area contributed by atoms with E-state index in [1.807, 2.05) is 13.8 Å². The Kier molecular flexibility index (Phi) is 5.53. The minimum absolute atomic E-state index is 0.00154. The standard InChI is InChI=1S/C16H22O4S/c1-11(2)21(18)13-9-7-12(8-10-13)16(17)20-15-6-4-5-14(15)19-3/h7-11,14-15H,4-6H2,1-3H3/t14-,15+,21+/m1/s1. The fourth-order valence-corrected chi connectivity index (χ4v) is 3.45. The molecular weight excluding hydrogens is 288 g/mol. The van der Waals surface area contributed by atoms with Gasteiger partial charge in [-0.1, -0.05) is 13.8 Å². The Morgan fingerprint density at radius 1 is 1.19 bits per heavy atom. The summed E-state index contributed by atoms with van der Waals surface area (Å²) in [6.07, 6.45) is 2.64. The zero-order valence-corrected chi connectivity index (χ0v) is 13.5. The van der Waals surface area contributed by atoms with Gasteiger partial charge in [-0.2, -0.15) is 0 Å². The Hall–Kier alpha value is -1.20. The molecule has 1 aliphatic carbocycles. The lowest BCUT2D eigenvalue weighted by Crippen LogP contribution is -2.27. The van der Waals surface area contributed by atoms with Gasteiger partial charge in [0.25, 0.3) is 0 Å². The summed E-state index contributed by atoms with van der Waals surface area (Å²) < 4.78 is 22.8. The first kappa shape index (κ1) is 16.2. The van der Waals surface area contributed by atoms with Crippen molar-refractivity contribution in [3.8, 4) is 0 Å². The molecule has 0 radical (unpaired) electrons. The van der Waals surface area contributed by atoms with E-state index in [0.29, 0.717) is 5.56 Å². The average Bonchev–Trinajstić information content (AvgIpc) is 2.93. The summed E-state index contributed by atoms with van der Waals surface area (Å²) in [4.78, 5) is 12.9. The van der Waals surface area contributed by atoms with E-state index in [9.17, 15) is 9.00 Å². The van der Waals surface area contributed by atoms with Crippen LogP contribution in [0.3, 0.4) is 0 Å². The highest BCUT2D eigenvalue weighted by molar-refractivity contribution is 7.85. The van der Waals surface area contributed by atoms with Crippen LogP contribution in [0, 0.1) is 0 Å². The van der Waals surface area contributed by atoms with Crippen LogP contribution in [-0.2, 0) is 20.3 Å². The third-order valence-corrected chi connectivity index (χ3v) is 5.30. The van der Waals surface area contributed by atoms with E-state index >= 15 is 0 Å². The Morgan fingerprint density at radius 3 is 2.38 bits per heavy atom. The smallest absolute Gasteiger partial charge is 0.338 e. The maximum Gasteiger partial charge on any atom is 0.338 e. The van der Waals surface area contributed by atoms with Gasteiger partial charge in [-0.15, -0.1) is 0 Å². The monoisotopic (exact) mass is 310 g/mol. The molecule has 0 aromatic heterocycles. The van der Waals surface area contributed by atoms with Crippen LogP contribution in [0.4, 0.5) is 0 Å². The van der Waals surface area contributed by atoms with E-state index in [1.54, 1.807) is 31.4 Å². The summed E-state index contributed by atoms with van der Waals surface area (Å²) in [5.41, 5.74) is 0.487. The lowest BCUT2D eigenvalue weighted by Gasteiger charge is -2.18. The van der Waals surface area contributed by atoms with Gasteiger partial charge in [-0.25, -0.2) is 4.79 Å². The van der Waals surface area contributed by atoms with Gasteiger partial charge in [0.1, 0.15) is 6.10 Å². The molecule has 2 rings (SSSR count). The summed E-state index contributed by atoms with van der Waals surface area (Å²) in [7, 11) is 0.606. The van der Waals surface area contributed by atoms with E-state index in [4.69, 9.17) is 9.47 Å². The van der Waals surface area contributed by atoms with Crippen LogP contribution in [0.5, 0.6) is 0 Å². The quantitative estimate of drug-likeness (QED) is 0.785. The molecule has 0 saturated heterocycles. The number of benzene rings is 1. The zero-order chi connectivity index (χ0) is 15.4. The first-order chi connectivity index (χ1) is 10.0. The van der Waals surface area contributed by atoms with Crippen molar-refractivity contribution in [3.63, 3.8) is 0 Å². The van der Waals surface area contributed by atoms with Crippen molar-refractivity contribution in [2.24, 2.45) is 0 Å². The van der Waals surface area contributed by atoms with Gasteiger partial charge >= 0.3 is 5.97 Å². The molecule has 0 spiro atoms. The summed E-state index contributed by atoms with van der Waals surface area (Å²) in [6, 6.07) is 6.81. The highest BCUT2D eigenvalue weighted by Gasteiger charge is 2.30. The highest BCUT2D eigenvalue weighted by Crippen LogP contribution is 2.25. The van der Waals surface area contributed by atoms with Crippen LogP contribution in [-0.4, -0.2) is 34.7 Å². The predicted molar refractivity (Wildman–Crippen MR) is 81.8 cm³/mol. The van der Waals surface area contributed by atoms with Crippen LogP contribution in [0.15, 0.2) is 29.2 Å². The van der Waals surface area contributed by atoms with Crippen molar-refractivity contribution in [2.45, 2.75) is 55.5 Å². The largest absolute Gasteiger partial charge is 0.456 e. The topological polar surface area (TPSA) is 52.6 Å². The van der Waals surface area contributed by atoms with Gasteiger partial charge in [0.15, 0.2) is 0 Å². The second-order valence-electron chi connectivity index (χ2n) is 5.52. The molecule has 0 aliphatic heterocycles. The molecule has 4 nitrogen and oxygen atoms in total. The van der Waals surface area contributed by atoms with E-state index in [-0.39, 0.29) is 23.4 Å². The maximum atomic E-state index is 12.1. The van der Waals surface area contributed by atoms with Crippen LogP contribution < -0.4 is 0 Å². The molecule has 1 aromatic carbocycles. The Bertz CT molecular complexity index is 510. The highest BCUT2D eigenvalue weighted by atomic mass is 32.2. The molecule has 0 unspecified atom stereocenters. The maximum absolute atomic E-state index is 12.1. The molecule has 21 heavy (non-hydrogen) atoms. The van der Waals surface area contributed by atoms with E-state index in [0.717, 1.165) is 24.2 Å². The zero-order valence-electron chi connectivity index (χ0n) is 12.7. The Balaban J connectivity index is 2.01. The third kappa shape index (κ3) is 3.92. The molecule has 0 bridgehead atoms. The van der Waals surface area contributed by atoms with E-state index in [2.05, 4.69) is 0 Å². The van der Waals surface area contributed by atoms with Gasteiger partial charge < -0.3 is 9.47 Å². The molecule has 3 atom stereocenters. The number of hydrogen-bond donors (Lipinski definition) is 0. The van der Waals surface area contributed by atoms with Gasteiger partial charge in [0.2, 0.25) is 0 Å². The second kappa shape index (κ2) is 7.18. The molecule has 1 aromatic rings. The van der Waals surface area contributed by atoms with Crippen molar-refractivity contribution < 1.29 is 18.5 Å². The number of methoxy groups -OCH3 is 1. The number of rotatable bonds is 5. The number of carbonyl (C=O) groups is 1. The SMILES string of the molecule is CO[C@@H]1CCC[C@@H]1OC(=O)c1ccc([S@@](=O)C(C)C)cc1. The molecule has 5 heteroatoms. The molecule has 0 N–H and O–H groups in total. The lowest BCUT2D eigenvalue weighted by atomic mass is 10.2. The Morgan fingerprint density at radius 2 is 1.81 bits per heavy atom. The van der Waals surface area contributed by atoms with Crippen LogP contribution in [0.25, 0.3) is 0 Å². The summed E-state index contributed by atoms with van der Waals surface area (Å²) in [5.74, 6) is -0.342. The molecule has 1 fully saturated rings. The third-order valence-electron chi connectivity index (χ3n) is 3.70. The normalized spacial score (nSPS) is 23.2. The van der Waals surface area contributed by atoms with Crippen molar-refractivity contribution in [1.29, 1.82) is 0 Å². The summed E-state index contributed by atoms with van der Waals surface area (Å²) in [5, 5.41) is 0.0590. The molecule has 116 valence electrons. The lowest BCUT2D eigenvalue weighted by molar-refractivity contribution is -0.0206. The molecule has 1 aliphatic rings. The fourth-order valence-electron chi connectivity index (χ4n) is 2.50. The number of carbonyl (C=O) groups excluding carboxylic acids is 1. The number of esters is 1. The van der Waals surface area contributed by atoms with Crippen LogP contribution >= 0.6 is 0 Å².